The van der Waals surface area contributed by atoms with Crippen LogP contribution < -0.4 is 14.8 Å². The summed E-state index contributed by atoms with van der Waals surface area (Å²) in [5.41, 5.74) is 4.96. The molecule has 6 heteroatoms. The maximum atomic E-state index is 10.9. The highest BCUT2D eigenvalue weighted by Gasteiger charge is 2.30. The highest BCUT2D eigenvalue weighted by Crippen LogP contribution is 2.40. The lowest BCUT2D eigenvalue weighted by Crippen LogP contribution is -2.33. The molecule has 0 amide bonds. The smallest absolute Gasteiger partial charge is 0.162 e. The molecule has 3 aromatic carbocycles. The van der Waals surface area contributed by atoms with Crippen LogP contribution in [0.1, 0.15) is 47.8 Å². The Morgan fingerprint density at radius 1 is 1.06 bits per heavy atom. The fraction of sp³-hybridized carbons (Fsp3) is 0.269. The minimum absolute atomic E-state index is 0.155. The first-order chi connectivity index (χ1) is 15.5. The number of rotatable bonds is 6. The van der Waals surface area contributed by atoms with Crippen molar-refractivity contribution >= 4 is 21.6 Å². The van der Waals surface area contributed by atoms with Crippen LogP contribution >= 0.6 is 15.9 Å². The van der Waals surface area contributed by atoms with Gasteiger partial charge >= 0.3 is 0 Å². The van der Waals surface area contributed by atoms with Gasteiger partial charge in [-0.25, -0.2) is 0 Å². The number of aliphatic imine (C=N–C) groups is 1. The lowest BCUT2D eigenvalue weighted by Gasteiger charge is -2.32. The standard InChI is InChI=1S/C26H27BrN2O3/c1-4-32-24-7-5-6-19(25(24)30)22-15-21(17-10-8-16(2)9-11-17)28-26(29-22)20-14-18(27)12-13-23(20)31-3/h5-14,22,26,29-30H,4,15H2,1-3H3/t22-,26-/m1/s1. The zero-order chi connectivity index (χ0) is 22.7. The molecule has 1 aliphatic heterocycles. The number of methoxy groups -OCH3 is 1. The molecule has 0 radical (unpaired) electrons. The summed E-state index contributed by atoms with van der Waals surface area (Å²) in [4.78, 5) is 5.06. The van der Waals surface area contributed by atoms with Crippen molar-refractivity contribution in [2.24, 2.45) is 4.99 Å². The van der Waals surface area contributed by atoms with Gasteiger partial charge in [0, 0.05) is 33.8 Å². The van der Waals surface area contributed by atoms with E-state index in [1.54, 1.807) is 13.2 Å². The number of hydrogen-bond donors (Lipinski definition) is 2. The van der Waals surface area contributed by atoms with E-state index in [1.807, 2.05) is 37.3 Å². The van der Waals surface area contributed by atoms with E-state index in [1.165, 1.54) is 5.56 Å². The lowest BCUT2D eigenvalue weighted by molar-refractivity contribution is 0.313. The van der Waals surface area contributed by atoms with Gasteiger partial charge in [-0.1, -0.05) is 57.9 Å². The summed E-state index contributed by atoms with van der Waals surface area (Å²) < 4.78 is 12.2. The maximum Gasteiger partial charge on any atom is 0.162 e. The van der Waals surface area contributed by atoms with E-state index in [0.29, 0.717) is 18.8 Å². The minimum Gasteiger partial charge on any atom is -0.504 e. The largest absolute Gasteiger partial charge is 0.504 e. The molecule has 1 aliphatic rings. The summed E-state index contributed by atoms with van der Waals surface area (Å²) in [6.07, 6.45) is 0.298. The number of phenols is 1. The van der Waals surface area contributed by atoms with Gasteiger partial charge in [0.15, 0.2) is 11.5 Å². The number of hydrogen-bond acceptors (Lipinski definition) is 5. The third-order valence-electron chi connectivity index (χ3n) is 5.62. The molecule has 2 N–H and O–H groups in total. The fourth-order valence-electron chi connectivity index (χ4n) is 4.00. The molecule has 5 nitrogen and oxygen atoms in total. The summed E-state index contributed by atoms with van der Waals surface area (Å²) in [5, 5.41) is 14.5. The van der Waals surface area contributed by atoms with E-state index in [9.17, 15) is 5.11 Å². The number of aromatic hydroxyl groups is 1. The van der Waals surface area contributed by atoms with E-state index in [2.05, 4.69) is 52.4 Å². The van der Waals surface area contributed by atoms with Crippen LogP contribution in [-0.2, 0) is 0 Å². The van der Waals surface area contributed by atoms with Gasteiger partial charge in [0.05, 0.1) is 13.7 Å². The average molecular weight is 495 g/mol. The van der Waals surface area contributed by atoms with Crippen molar-refractivity contribution in [2.75, 3.05) is 13.7 Å². The lowest BCUT2D eigenvalue weighted by atomic mass is 9.93. The number of aryl methyl sites for hydroxylation is 1. The van der Waals surface area contributed by atoms with Crippen molar-refractivity contribution in [3.63, 3.8) is 0 Å². The quantitative estimate of drug-likeness (QED) is 0.434. The second-order valence-corrected chi connectivity index (χ2v) is 8.70. The highest BCUT2D eigenvalue weighted by molar-refractivity contribution is 9.10. The van der Waals surface area contributed by atoms with Crippen molar-refractivity contribution in [3.05, 3.63) is 87.4 Å². The van der Waals surface area contributed by atoms with Gasteiger partial charge < -0.3 is 14.6 Å². The van der Waals surface area contributed by atoms with Crippen LogP contribution in [0.5, 0.6) is 17.2 Å². The number of para-hydroxylation sites is 1. The Morgan fingerprint density at radius 3 is 2.56 bits per heavy atom. The van der Waals surface area contributed by atoms with Gasteiger partial charge in [-0.15, -0.1) is 0 Å². The summed E-state index contributed by atoms with van der Waals surface area (Å²) in [5.74, 6) is 1.41. The number of halogens is 1. The first kappa shape index (κ1) is 22.4. The van der Waals surface area contributed by atoms with E-state index in [4.69, 9.17) is 14.5 Å². The first-order valence-electron chi connectivity index (χ1n) is 10.7. The molecule has 0 aromatic heterocycles. The maximum absolute atomic E-state index is 10.9. The third kappa shape index (κ3) is 4.66. The molecule has 0 saturated carbocycles. The van der Waals surface area contributed by atoms with E-state index in [0.717, 1.165) is 32.6 Å². The summed E-state index contributed by atoms with van der Waals surface area (Å²) >= 11 is 3.57. The van der Waals surface area contributed by atoms with Crippen LogP contribution in [0.15, 0.2) is 70.1 Å². The predicted molar refractivity (Wildman–Crippen MR) is 131 cm³/mol. The van der Waals surface area contributed by atoms with Gasteiger partial charge in [0.2, 0.25) is 0 Å². The second-order valence-electron chi connectivity index (χ2n) is 7.78. The van der Waals surface area contributed by atoms with Gasteiger partial charge in [0.25, 0.3) is 0 Å². The molecular weight excluding hydrogens is 468 g/mol. The zero-order valence-corrected chi connectivity index (χ0v) is 20.0. The van der Waals surface area contributed by atoms with E-state index in [-0.39, 0.29) is 18.0 Å². The molecule has 0 aliphatic carbocycles. The molecule has 0 bridgehead atoms. The van der Waals surface area contributed by atoms with Crippen LogP contribution in [0.3, 0.4) is 0 Å². The highest BCUT2D eigenvalue weighted by atomic mass is 79.9. The van der Waals surface area contributed by atoms with Crippen LogP contribution in [0.4, 0.5) is 0 Å². The predicted octanol–water partition coefficient (Wildman–Crippen LogP) is 6.09. The SMILES string of the molecule is CCOc1cccc([C@H]2CC(c3ccc(C)cc3)=N[C@@H](c3cc(Br)ccc3OC)N2)c1O. The Bertz CT molecular complexity index is 1130. The third-order valence-corrected chi connectivity index (χ3v) is 6.11. The Kier molecular flexibility index (Phi) is 6.82. The molecule has 4 rings (SSSR count). The topological polar surface area (TPSA) is 63.1 Å². The molecule has 0 fully saturated rings. The number of nitrogens with zero attached hydrogens (tertiary/aromatic N) is 1. The Hall–Kier alpha value is -2.83. The van der Waals surface area contributed by atoms with Gasteiger partial charge in [-0.3, -0.25) is 10.3 Å². The monoisotopic (exact) mass is 494 g/mol. The number of nitrogens with one attached hydrogen (secondary N) is 1. The van der Waals surface area contributed by atoms with Gasteiger partial charge in [0.1, 0.15) is 11.9 Å². The van der Waals surface area contributed by atoms with E-state index >= 15 is 0 Å². The first-order valence-corrected chi connectivity index (χ1v) is 11.5. The molecule has 0 unspecified atom stereocenters. The van der Waals surface area contributed by atoms with Crippen molar-refractivity contribution in [1.82, 2.24) is 5.32 Å². The molecule has 166 valence electrons. The van der Waals surface area contributed by atoms with Gasteiger partial charge in [-0.2, -0.15) is 0 Å². The van der Waals surface area contributed by atoms with Gasteiger partial charge in [-0.05, 0) is 43.7 Å². The normalized spacial score (nSPS) is 18.2. The molecule has 1 heterocycles. The average Bonchev–Trinajstić information content (AvgIpc) is 2.80. The van der Waals surface area contributed by atoms with Crippen LogP contribution in [0, 0.1) is 6.92 Å². The Morgan fingerprint density at radius 2 is 1.84 bits per heavy atom. The van der Waals surface area contributed by atoms with Crippen molar-refractivity contribution < 1.29 is 14.6 Å². The number of benzene rings is 3. The number of phenolic OH excluding ortho intramolecular Hbond substituents is 1. The molecule has 0 spiro atoms. The molecular formula is C26H27BrN2O3. The van der Waals surface area contributed by atoms with Crippen LogP contribution in [0.25, 0.3) is 0 Å². The number of ether oxygens (including phenoxy) is 2. The molecule has 0 saturated heterocycles. The van der Waals surface area contributed by atoms with E-state index < -0.39 is 0 Å². The summed E-state index contributed by atoms with van der Waals surface area (Å²) in [6.45, 7) is 4.47. The Labute approximate surface area is 197 Å². The second kappa shape index (κ2) is 9.76. The van der Waals surface area contributed by atoms with Crippen molar-refractivity contribution in [1.29, 1.82) is 0 Å². The summed E-state index contributed by atoms with van der Waals surface area (Å²) in [6, 6.07) is 19.8. The minimum atomic E-state index is -0.340. The van der Waals surface area contributed by atoms with Crippen LogP contribution in [-0.4, -0.2) is 24.5 Å². The zero-order valence-electron chi connectivity index (χ0n) is 18.4. The molecule has 2 atom stereocenters. The fourth-order valence-corrected chi connectivity index (χ4v) is 4.38. The molecule has 32 heavy (non-hydrogen) atoms. The van der Waals surface area contributed by atoms with Crippen molar-refractivity contribution in [2.45, 2.75) is 32.5 Å². The molecule has 3 aromatic rings. The van der Waals surface area contributed by atoms with Crippen molar-refractivity contribution in [3.8, 4) is 17.2 Å². The summed E-state index contributed by atoms with van der Waals surface area (Å²) in [7, 11) is 1.66. The Balaban J connectivity index is 1.80. The van der Waals surface area contributed by atoms with Crippen LogP contribution in [0.2, 0.25) is 0 Å².